The lowest BCUT2D eigenvalue weighted by Crippen LogP contribution is -2.65. The molecule has 0 radical (unpaired) electrons. The van der Waals surface area contributed by atoms with Crippen LogP contribution in [0.1, 0.15) is 56.0 Å². The summed E-state index contributed by atoms with van der Waals surface area (Å²) in [5.74, 6) is 0.538. The molecule has 1 aliphatic rings. The Bertz CT molecular complexity index is 855. The fraction of sp³-hybridized carbons (Fsp3) is 0.417. The topological polar surface area (TPSA) is 66.8 Å². The second-order valence-electron chi connectivity index (χ2n) is 8.63. The average molecular weight is 395 g/mol. The van der Waals surface area contributed by atoms with Crippen LogP contribution in [0, 0.1) is 5.41 Å². The lowest BCUT2D eigenvalue weighted by molar-refractivity contribution is -0.0108. The number of rotatable bonds is 5. The van der Waals surface area contributed by atoms with Crippen LogP contribution in [0.5, 0.6) is 5.75 Å². The molecule has 1 fully saturated rings. The Kier molecular flexibility index (Phi) is 5.96. The molecule has 1 heterocycles. The van der Waals surface area contributed by atoms with Crippen molar-refractivity contribution in [3.05, 3.63) is 65.7 Å². The molecule has 0 unspecified atom stereocenters. The number of amides is 1. The molecule has 5 heteroatoms. The highest BCUT2D eigenvalue weighted by Crippen LogP contribution is 2.45. The molecule has 2 aromatic carbocycles. The first-order valence-electron chi connectivity index (χ1n) is 10.1. The van der Waals surface area contributed by atoms with Crippen LogP contribution in [-0.4, -0.2) is 34.0 Å². The molecule has 5 nitrogen and oxygen atoms in total. The molecule has 0 saturated carbocycles. The largest absolute Gasteiger partial charge is 0.489 e. The third-order valence-corrected chi connectivity index (χ3v) is 5.84. The Labute approximate surface area is 172 Å². The lowest BCUT2D eigenvalue weighted by atomic mass is 9.64. The number of carbonyl (C=O) groups excluding carboxylic acids is 1. The lowest BCUT2D eigenvalue weighted by Gasteiger charge is -2.52. The highest BCUT2D eigenvalue weighted by atomic mass is 16.5. The van der Waals surface area contributed by atoms with Gasteiger partial charge in [-0.05, 0) is 54.5 Å². The van der Waals surface area contributed by atoms with E-state index in [2.05, 4.69) is 0 Å². The molecule has 3 rings (SSSR count). The number of likely N-dealkylation sites (tertiary alicyclic amines) is 1. The summed E-state index contributed by atoms with van der Waals surface area (Å²) in [7, 11) is 0. The van der Waals surface area contributed by atoms with Gasteiger partial charge in [0.1, 0.15) is 17.9 Å². The molecular weight excluding hydrogens is 366 g/mol. The number of nitrogens with zero attached hydrogens (tertiary/aromatic N) is 1. The van der Waals surface area contributed by atoms with Crippen molar-refractivity contribution in [2.75, 3.05) is 6.54 Å². The van der Waals surface area contributed by atoms with E-state index in [1.54, 1.807) is 24.3 Å². The van der Waals surface area contributed by atoms with Gasteiger partial charge in [0.25, 0.3) is 0 Å². The molecule has 2 aromatic rings. The number of ether oxygens (including phenoxy) is 1. The zero-order chi connectivity index (χ0) is 21.1. The van der Waals surface area contributed by atoms with E-state index >= 15 is 0 Å². The van der Waals surface area contributed by atoms with Crippen molar-refractivity contribution in [3.63, 3.8) is 0 Å². The Morgan fingerprint density at radius 2 is 1.69 bits per heavy atom. The van der Waals surface area contributed by atoms with Crippen LogP contribution in [0.15, 0.2) is 54.6 Å². The number of hydrogen-bond acceptors (Lipinski definition) is 3. The van der Waals surface area contributed by atoms with Crippen LogP contribution in [-0.2, 0) is 6.61 Å². The summed E-state index contributed by atoms with van der Waals surface area (Å²) < 4.78 is 5.81. The zero-order valence-electron chi connectivity index (χ0n) is 17.4. The summed E-state index contributed by atoms with van der Waals surface area (Å²) >= 11 is 0. The van der Waals surface area contributed by atoms with Gasteiger partial charge in [0.2, 0.25) is 0 Å². The van der Waals surface area contributed by atoms with Crippen molar-refractivity contribution in [1.29, 1.82) is 0 Å². The Balaban J connectivity index is 1.84. The molecule has 1 aliphatic heterocycles. The minimum Gasteiger partial charge on any atom is -0.489 e. The fourth-order valence-corrected chi connectivity index (χ4v) is 4.27. The van der Waals surface area contributed by atoms with Gasteiger partial charge < -0.3 is 9.84 Å². The number of piperidine rings is 1. The first-order valence-corrected chi connectivity index (χ1v) is 10.1. The van der Waals surface area contributed by atoms with Crippen molar-refractivity contribution in [1.82, 2.24) is 4.90 Å². The summed E-state index contributed by atoms with van der Waals surface area (Å²) in [6.07, 6.45) is 1.12. The van der Waals surface area contributed by atoms with Crippen LogP contribution in [0.3, 0.4) is 0 Å². The quantitative estimate of drug-likeness (QED) is 0.689. The van der Waals surface area contributed by atoms with Gasteiger partial charge >= 0.3 is 6.09 Å². The maximum Gasteiger partial charge on any atom is 0.408 e. The number of carboxylic acid groups (broad SMARTS) is 1. The van der Waals surface area contributed by atoms with Gasteiger partial charge in [0.05, 0.1) is 0 Å². The SMILES string of the molecule is CC(C)(C)[C@]1(C(=O)c2ccc(OCc3ccccc3)cc2)CCCCN1C(=O)O. The summed E-state index contributed by atoms with van der Waals surface area (Å²) in [6, 6.07) is 16.9. The summed E-state index contributed by atoms with van der Waals surface area (Å²) in [5.41, 5.74) is -0.00622. The Morgan fingerprint density at radius 3 is 2.28 bits per heavy atom. The minimum atomic E-state index is -1.07. The van der Waals surface area contributed by atoms with E-state index in [9.17, 15) is 14.7 Å². The van der Waals surface area contributed by atoms with E-state index in [1.807, 2.05) is 51.1 Å². The number of Topliss-reactive ketones (excluding diaryl/α,β-unsaturated/α-hetero) is 1. The number of ketones is 1. The minimum absolute atomic E-state index is 0.137. The Hall–Kier alpha value is -2.82. The van der Waals surface area contributed by atoms with Crippen molar-refractivity contribution in [2.45, 2.75) is 52.2 Å². The van der Waals surface area contributed by atoms with Gasteiger partial charge in [-0.25, -0.2) is 4.79 Å². The maximum absolute atomic E-state index is 13.6. The highest BCUT2D eigenvalue weighted by molar-refractivity contribution is 6.05. The zero-order valence-corrected chi connectivity index (χ0v) is 17.4. The molecule has 0 spiro atoms. The molecule has 0 bridgehead atoms. The van der Waals surface area contributed by atoms with Gasteiger partial charge in [-0.3, -0.25) is 9.69 Å². The molecule has 154 valence electrons. The second kappa shape index (κ2) is 8.27. The van der Waals surface area contributed by atoms with Crippen molar-refractivity contribution >= 4 is 11.9 Å². The smallest absolute Gasteiger partial charge is 0.408 e. The first kappa shape index (κ1) is 20.9. The van der Waals surface area contributed by atoms with Crippen LogP contribution >= 0.6 is 0 Å². The average Bonchev–Trinajstić information content (AvgIpc) is 2.72. The second-order valence-corrected chi connectivity index (χ2v) is 8.63. The molecule has 0 aliphatic carbocycles. The third-order valence-electron chi connectivity index (χ3n) is 5.84. The van der Waals surface area contributed by atoms with Crippen molar-refractivity contribution in [2.24, 2.45) is 5.41 Å². The highest BCUT2D eigenvalue weighted by Gasteiger charge is 2.55. The van der Waals surface area contributed by atoms with Gasteiger partial charge in [-0.15, -0.1) is 0 Å². The summed E-state index contributed by atoms with van der Waals surface area (Å²) in [6.45, 7) is 6.68. The molecule has 1 atom stereocenters. The molecular formula is C24H29NO4. The maximum atomic E-state index is 13.6. The normalized spacial score (nSPS) is 19.6. The first-order chi connectivity index (χ1) is 13.8. The monoisotopic (exact) mass is 395 g/mol. The van der Waals surface area contributed by atoms with Crippen LogP contribution in [0.25, 0.3) is 0 Å². The van der Waals surface area contributed by atoms with E-state index in [1.165, 1.54) is 4.90 Å². The van der Waals surface area contributed by atoms with E-state index in [0.717, 1.165) is 18.4 Å². The Morgan fingerprint density at radius 1 is 1.03 bits per heavy atom. The number of benzene rings is 2. The van der Waals surface area contributed by atoms with E-state index in [0.29, 0.717) is 30.9 Å². The van der Waals surface area contributed by atoms with Gasteiger partial charge in [-0.1, -0.05) is 51.1 Å². The third kappa shape index (κ3) is 4.14. The summed E-state index contributed by atoms with van der Waals surface area (Å²) in [4.78, 5) is 27.0. The van der Waals surface area contributed by atoms with E-state index in [-0.39, 0.29) is 5.78 Å². The van der Waals surface area contributed by atoms with Crippen molar-refractivity contribution < 1.29 is 19.4 Å². The van der Waals surface area contributed by atoms with Crippen LogP contribution in [0.4, 0.5) is 4.79 Å². The van der Waals surface area contributed by atoms with Crippen LogP contribution < -0.4 is 4.74 Å². The number of carbonyl (C=O) groups is 2. The van der Waals surface area contributed by atoms with Gasteiger partial charge in [0, 0.05) is 12.1 Å². The van der Waals surface area contributed by atoms with Crippen molar-refractivity contribution in [3.8, 4) is 5.75 Å². The predicted octanol–water partition coefficient (Wildman–Crippen LogP) is 5.40. The standard InChI is InChI=1S/C24H29NO4/c1-23(2,3)24(15-7-8-16-25(24)22(27)28)21(26)19-11-13-20(14-12-19)29-17-18-9-5-4-6-10-18/h4-6,9-14H,7-8,15-17H2,1-3H3,(H,27,28)/t24-/m1/s1. The molecule has 29 heavy (non-hydrogen) atoms. The fourth-order valence-electron chi connectivity index (χ4n) is 4.27. The van der Waals surface area contributed by atoms with Crippen LogP contribution in [0.2, 0.25) is 0 Å². The molecule has 1 N–H and O–H groups in total. The molecule has 1 amide bonds. The van der Waals surface area contributed by atoms with E-state index in [4.69, 9.17) is 4.74 Å². The predicted molar refractivity (Wildman–Crippen MR) is 112 cm³/mol. The van der Waals surface area contributed by atoms with Gasteiger partial charge in [-0.2, -0.15) is 0 Å². The summed E-state index contributed by atoms with van der Waals surface area (Å²) in [5, 5.41) is 9.81. The van der Waals surface area contributed by atoms with Gasteiger partial charge in [0.15, 0.2) is 5.78 Å². The number of hydrogen-bond donors (Lipinski definition) is 1. The van der Waals surface area contributed by atoms with E-state index < -0.39 is 17.0 Å². The molecule has 1 saturated heterocycles. The molecule has 0 aromatic heterocycles.